The third kappa shape index (κ3) is 4.21. The van der Waals surface area contributed by atoms with Crippen LogP contribution in [0.5, 0.6) is 5.75 Å². The summed E-state index contributed by atoms with van der Waals surface area (Å²) in [4.78, 5) is 31.2. The van der Waals surface area contributed by atoms with Crippen LogP contribution in [0, 0.1) is 6.92 Å². The molecule has 1 aliphatic heterocycles. The van der Waals surface area contributed by atoms with E-state index in [2.05, 4.69) is 4.98 Å². The number of ketones is 1. The summed E-state index contributed by atoms with van der Waals surface area (Å²) in [6, 6.07) is 8.01. The number of aromatic nitrogens is 1. The summed E-state index contributed by atoms with van der Waals surface area (Å²) in [6.07, 6.45) is 3.22. The molecule has 1 aromatic carbocycles. The van der Waals surface area contributed by atoms with Crippen molar-refractivity contribution < 1.29 is 24.2 Å². The SMILES string of the molecule is COCCN1C(=O)C(=O)/C(=C(\O)c2ccc(OC(C)C)cc2C)C1c1cccnc1. The number of Topliss-reactive ketones (excluding diaryl/α,β-unsaturated/α-hetero) is 1. The van der Waals surface area contributed by atoms with Gasteiger partial charge in [-0.25, -0.2) is 0 Å². The van der Waals surface area contributed by atoms with Crippen LogP contribution in [0.3, 0.4) is 0 Å². The van der Waals surface area contributed by atoms with Crippen molar-refractivity contribution in [2.75, 3.05) is 20.3 Å². The molecule has 1 amide bonds. The zero-order valence-electron chi connectivity index (χ0n) is 17.6. The number of likely N-dealkylation sites (tertiary alicyclic amines) is 1. The van der Waals surface area contributed by atoms with Crippen LogP contribution in [0.1, 0.15) is 36.6 Å². The second-order valence-electron chi connectivity index (χ2n) is 7.41. The number of aryl methyl sites for hydroxylation is 1. The summed E-state index contributed by atoms with van der Waals surface area (Å²) in [7, 11) is 1.53. The number of carbonyl (C=O) groups excluding carboxylic acids is 2. The molecular weight excluding hydrogens is 384 g/mol. The number of aliphatic hydroxyl groups excluding tert-OH is 1. The van der Waals surface area contributed by atoms with Crippen LogP contribution >= 0.6 is 0 Å². The van der Waals surface area contributed by atoms with E-state index in [1.54, 1.807) is 42.7 Å². The fraction of sp³-hybridized carbons (Fsp3) is 0.348. The number of benzene rings is 1. The van der Waals surface area contributed by atoms with Gasteiger partial charge in [0.05, 0.1) is 24.3 Å². The fourth-order valence-corrected chi connectivity index (χ4v) is 3.58. The highest BCUT2D eigenvalue weighted by molar-refractivity contribution is 6.46. The molecule has 1 unspecified atom stereocenters. The molecule has 7 heteroatoms. The fourth-order valence-electron chi connectivity index (χ4n) is 3.58. The van der Waals surface area contributed by atoms with E-state index in [4.69, 9.17) is 9.47 Å². The van der Waals surface area contributed by atoms with Crippen molar-refractivity contribution in [1.29, 1.82) is 0 Å². The van der Waals surface area contributed by atoms with E-state index >= 15 is 0 Å². The van der Waals surface area contributed by atoms with Gasteiger partial charge >= 0.3 is 0 Å². The van der Waals surface area contributed by atoms with Crippen molar-refractivity contribution in [3.8, 4) is 5.75 Å². The van der Waals surface area contributed by atoms with Crippen molar-refractivity contribution in [1.82, 2.24) is 9.88 Å². The molecule has 7 nitrogen and oxygen atoms in total. The van der Waals surface area contributed by atoms with Crippen LogP contribution in [-0.2, 0) is 14.3 Å². The summed E-state index contributed by atoms with van der Waals surface area (Å²) in [6.45, 7) is 6.17. The molecule has 1 atom stereocenters. The van der Waals surface area contributed by atoms with Crippen molar-refractivity contribution >= 4 is 17.4 Å². The summed E-state index contributed by atoms with van der Waals surface area (Å²) in [5, 5.41) is 11.1. The van der Waals surface area contributed by atoms with Gasteiger partial charge in [-0.05, 0) is 56.2 Å². The maximum atomic E-state index is 12.9. The van der Waals surface area contributed by atoms with E-state index in [0.29, 0.717) is 16.9 Å². The highest BCUT2D eigenvalue weighted by atomic mass is 16.5. The lowest BCUT2D eigenvalue weighted by Gasteiger charge is -2.24. The maximum Gasteiger partial charge on any atom is 0.295 e. The number of hydrogen-bond acceptors (Lipinski definition) is 6. The quantitative estimate of drug-likeness (QED) is 0.428. The third-order valence-electron chi connectivity index (χ3n) is 4.90. The first-order chi connectivity index (χ1) is 14.3. The number of methoxy groups -OCH3 is 1. The number of rotatable bonds is 7. The van der Waals surface area contributed by atoms with Gasteiger partial charge in [0.15, 0.2) is 0 Å². The predicted molar refractivity (Wildman–Crippen MR) is 112 cm³/mol. The molecule has 2 aromatic rings. The van der Waals surface area contributed by atoms with Gasteiger partial charge in [0.25, 0.3) is 11.7 Å². The number of nitrogens with zero attached hydrogens (tertiary/aromatic N) is 2. The van der Waals surface area contributed by atoms with E-state index in [-0.39, 0.29) is 30.6 Å². The smallest absolute Gasteiger partial charge is 0.295 e. The van der Waals surface area contributed by atoms with Gasteiger partial charge in [0, 0.05) is 31.6 Å². The Kier molecular flexibility index (Phi) is 6.52. The summed E-state index contributed by atoms with van der Waals surface area (Å²) in [5.74, 6) is -0.932. The van der Waals surface area contributed by atoms with E-state index in [1.165, 1.54) is 12.0 Å². The Hall–Kier alpha value is -3.19. The summed E-state index contributed by atoms with van der Waals surface area (Å²) >= 11 is 0. The molecule has 1 fully saturated rings. The number of amides is 1. The first-order valence-electron chi connectivity index (χ1n) is 9.80. The Bertz CT molecular complexity index is 969. The third-order valence-corrected chi connectivity index (χ3v) is 4.90. The monoisotopic (exact) mass is 410 g/mol. The molecule has 0 radical (unpaired) electrons. The van der Waals surface area contributed by atoms with Crippen LogP contribution in [0.25, 0.3) is 5.76 Å². The van der Waals surface area contributed by atoms with Crippen molar-refractivity contribution in [2.24, 2.45) is 0 Å². The first kappa shape index (κ1) is 21.5. The van der Waals surface area contributed by atoms with Crippen LogP contribution < -0.4 is 4.74 Å². The van der Waals surface area contributed by atoms with Crippen LogP contribution in [-0.4, -0.2) is 53.0 Å². The first-order valence-corrected chi connectivity index (χ1v) is 9.80. The molecule has 1 N–H and O–H groups in total. The molecule has 0 saturated carbocycles. The second kappa shape index (κ2) is 9.09. The van der Waals surface area contributed by atoms with Crippen molar-refractivity contribution in [3.63, 3.8) is 0 Å². The topological polar surface area (TPSA) is 89.0 Å². The van der Waals surface area contributed by atoms with E-state index in [0.717, 1.165) is 5.56 Å². The Morgan fingerprint density at radius 2 is 2.03 bits per heavy atom. The number of hydrogen-bond donors (Lipinski definition) is 1. The normalized spacial score (nSPS) is 18.3. The minimum Gasteiger partial charge on any atom is -0.507 e. The molecule has 1 aromatic heterocycles. The lowest BCUT2D eigenvalue weighted by atomic mass is 9.94. The highest BCUT2D eigenvalue weighted by Crippen LogP contribution is 2.39. The van der Waals surface area contributed by atoms with Crippen LogP contribution in [0.15, 0.2) is 48.3 Å². The van der Waals surface area contributed by atoms with Gasteiger partial charge in [-0.15, -0.1) is 0 Å². The van der Waals surface area contributed by atoms with Gasteiger partial charge in [0.1, 0.15) is 11.5 Å². The van der Waals surface area contributed by atoms with Gasteiger partial charge in [-0.1, -0.05) is 6.07 Å². The number of carbonyl (C=O) groups is 2. The molecule has 3 rings (SSSR count). The standard InChI is InChI=1S/C23H26N2O5/c1-14(2)30-17-7-8-18(15(3)12-17)21(26)19-20(16-6-5-9-24-13-16)25(10-11-29-4)23(28)22(19)27/h5-9,12-14,20,26H,10-11H2,1-4H3/b21-19-. The van der Waals surface area contributed by atoms with Crippen molar-refractivity contribution in [2.45, 2.75) is 32.9 Å². The molecule has 0 bridgehead atoms. The average molecular weight is 410 g/mol. The molecule has 0 aliphatic carbocycles. The second-order valence-corrected chi connectivity index (χ2v) is 7.41. The Labute approximate surface area is 175 Å². The number of pyridine rings is 1. The van der Waals surface area contributed by atoms with Gasteiger partial charge in [0.2, 0.25) is 0 Å². The minimum atomic E-state index is -0.736. The minimum absolute atomic E-state index is 0.0144. The van der Waals surface area contributed by atoms with E-state index < -0.39 is 17.7 Å². The highest BCUT2D eigenvalue weighted by Gasteiger charge is 2.46. The van der Waals surface area contributed by atoms with Crippen LogP contribution in [0.4, 0.5) is 0 Å². The maximum absolute atomic E-state index is 12.9. The molecule has 158 valence electrons. The Morgan fingerprint density at radius 1 is 1.27 bits per heavy atom. The summed E-state index contributed by atoms with van der Waals surface area (Å²) < 4.78 is 10.8. The van der Waals surface area contributed by atoms with Crippen LogP contribution in [0.2, 0.25) is 0 Å². The lowest BCUT2D eigenvalue weighted by Crippen LogP contribution is -2.32. The zero-order valence-corrected chi connectivity index (χ0v) is 17.6. The van der Waals surface area contributed by atoms with E-state index in [1.807, 2.05) is 20.8 Å². The van der Waals surface area contributed by atoms with Crippen molar-refractivity contribution in [3.05, 3.63) is 65.0 Å². The van der Waals surface area contributed by atoms with Gasteiger partial charge < -0.3 is 19.5 Å². The van der Waals surface area contributed by atoms with E-state index in [9.17, 15) is 14.7 Å². The zero-order chi connectivity index (χ0) is 21.8. The largest absolute Gasteiger partial charge is 0.507 e. The number of aliphatic hydroxyl groups is 1. The summed E-state index contributed by atoms with van der Waals surface area (Å²) in [5.41, 5.74) is 1.90. The molecule has 1 saturated heterocycles. The van der Waals surface area contributed by atoms with Gasteiger partial charge in [-0.3, -0.25) is 14.6 Å². The Morgan fingerprint density at radius 3 is 2.63 bits per heavy atom. The Balaban J connectivity index is 2.11. The average Bonchev–Trinajstić information content (AvgIpc) is 2.96. The molecule has 0 spiro atoms. The predicted octanol–water partition coefficient (Wildman–Crippen LogP) is 3.25. The molecular formula is C23H26N2O5. The molecule has 1 aliphatic rings. The lowest BCUT2D eigenvalue weighted by molar-refractivity contribution is -0.140. The molecule has 2 heterocycles. The van der Waals surface area contributed by atoms with Gasteiger partial charge in [-0.2, -0.15) is 0 Å². The molecule has 30 heavy (non-hydrogen) atoms. The number of ether oxygens (including phenoxy) is 2.